The van der Waals surface area contributed by atoms with Crippen molar-refractivity contribution in [2.75, 3.05) is 25.1 Å². The Bertz CT molecular complexity index is 963. The molecule has 144 valence electrons. The highest BCUT2D eigenvalue weighted by Gasteiger charge is 2.38. The van der Waals surface area contributed by atoms with Gasteiger partial charge >= 0.3 is 0 Å². The SMILES string of the molecule is Cc1cccc(N(C)C(=O)c2ccc3c(c2)C(=O)N(CC2CCCO2)C3=O)c1. The van der Waals surface area contributed by atoms with Gasteiger partial charge in [0.05, 0.1) is 23.8 Å². The molecule has 1 atom stereocenters. The highest BCUT2D eigenvalue weighted by atomic mass is 16.5. The predicted octanol–water partition coefficient (Wildman–Crippen LogP) is 3.05. The molecule has 0 N–H and O–H groups in total. The van der Waals surface area contributed by atoms with Gasteiger partial charge in [-0.15, -0.1) is 0 Å². The highest BCUT2D eigenvalue weighted by Crippen LogP contribution is 2.27. The van der Waals surface area contributed by atoms with E-state index in [4.69, 9.17) is 4.74 Å². The van der Waals surface area contributed by atoms with Crippen molar-refractivity contribution in [3.63, 3.8) is 0 Å². The van der Waals surface area contributed by atoms with Gasteiger partial charge in [-0.25, -0.2) is 0 Å². The number of ether oxygens (including phenoxy) is 1. The number of nitrogens with zero attached hydrogens (tertiary/aromatic N) is 2. The maximum Gasteiger partial charge on any atom is 0.261 e. The molecule has 2 aromatic carbocycles. The quantitative estimate of drug-likeness (QED) is 0.767. The maximum absolute atomic E-state index is 12.9. The second kappa shape index (κ2) is 7.20. The highest BCUT2D eigenvalue weighted by molar-refractivity contribution is 6.22. The van der Waals surface area contributed by atoms with Gasteiger partial charge in [-0.3, -0.25) is 19.3 Å². The smallest absolute Gasteiger partial charge is 0.261 e. The van der Waals surface area contributed by atoms with Gasteiger partial charge in [-0.05, 0) is 55.7 Å². The number of imide groups is 1. The van der Waals surface area contributed by atoms with Crippen LogP contribution >= 0.6 is 0 Å². The molecule has 1 unspecified atom stereocenters. The summed E-state index contributed by atoms with van der Waals surface area (Å²) in [6.07, 6.45) is 1.69. The van der Waals surface area contributed by atoms with Crippen molar-refractivity contribution in [3.05, 3.63) is 64.7 Å². The van der Waals surface area contributed by atoms with E-state index in [0.717, 1.165) is 24.1 Å². The molecule has 0 spiro atoms. The van der Waals surface area contributed by atoms with Crippen molar-refractivity contribution in [1.82, 2.24) is 4.90 Å². The number of carbonyl (C=O) groups is 3. The predicted molar refractivity (Wildman–Crippen MR) is 105 cm³/mol. The normalized spacial score (nSPS) is 18.5. The van der Waals surface area contributed by atoms with Gasteiger partial charge in [-0.2, -0.15) is 0 Å². The van der Waals surface area contributed by atoms with Gasteiger partial charge in [0.2, 0.25) is 0 Å². The third kappa shape index (κ3) is 3.20. The molecule has 2 aliphatic rings. The van der Waals surface area contributed by atoms with E-state index in [1.165, 1.54) is 11.0 Å². The first-order chi connectivity index (χ1) is 13.5. The molecule has 6 nitrogen and oxygen atoms in total. The van der Waals surface area contributed by atoms with E-state index in [1.54, 1.807) is 24.1 Å². The number of benzene rings is 2. The number of amides is 3. The number of fused-ring (bicyclic) bond motifs is 1. The molecule has 0 saturated carbocycles. The number of carbonyl (C=O) groups excluding carboxylic acids is 3. The van der Waals surface area contributed by atoms with Crippen LogP contribution in [-0.2, 0) is 4.74 Å². The Kier molecular flexibility index (Phi) is 4.73. The van der Waals surface area contributed by atoms with Crippen molar-refractivity contribution in [1.29, 1.82) is 0 Å². The fourth-order valence-electron chi connectivity index (χ4n) is 3.73. The summed E-state index contributed by atoms with van der Waals surface area (Å²) >= 11 is 0. The lowest BCUT2D eigenvalue weighted by Crippen LogP contribution is -2.36. The minimum absolute atomic E-state index is 0.101. The Morgan fingerprint density at radius 2 is 1.93 bits per heavy atom. The van der Waals surface area contributed by atoms with Gasteiger partial charge in [0.15, 0.2) is 0 Å². The lowest BCUT2D eigenvalue weighted by atomic mass is 10.0. The van der Waals surface area contributed by atoms with Crippen LogP contribution in [0.25, 0.3) is 0 Å². The third-order valence-electron chi connectivity index (χ3n) is 5.32. The summed E-state index contributed by atoms with van der Waals surface area (Å²) in [5.41, 5.74) is 2.83. The third-order valence-corrected chi connectivity index (χ3v) is 5.32. The number of hydrogen-bond acceptors (Lipinski definition) is 4. The van der Waals surface area contributed by atoms with Crippen LogP contribution in [0.2, 0.25) is 0 Å². The first kappa shape index (κ1) is 18.4. The molecular weight excluding hydrogens is 356 g/mol. The van der Waals surface area contributed by atoms with Gasteiger partial charge in [0.1, 0.15) is 0 Å². The number of anilines is 1. The fraction of sp³-hybridized carbons (Fsp3) is 0.318. The Balaban J connectivity index is 1.58. The van der Waals surface area contributed by atoms with Crippen LogP contribution in [0.1, 0.15) is 49.5 Å². The molecule has 0 radical (unpaired) electrons. The molecule has 0 aliphatic carbocycles. The van der Waals surface area contributed by atoms with Gasteiger partial charge in [-0.1, -0.05) is 12.1 Å². The monoisotopic (exact) mass is 378 g/mol. The van der Waals surface area contributed by atoms with Crippen LogP contribution in [0, 0.1) is 6.92 Å². The van der Waals surface area contributed by atoms with E-state index < -0.39 is 0 Å². The van der Waals surface area contributed by atoms with Crippen LogP contribution in [0.3, 0.4) is 0 Å². The Hall–Kier alpha value is -2.99. The minimum atomic E-state index is -0.358. The van der Waals surface area contributed by atoms with Crippen LogP contribution in [0.5, 0.6) is 0 Å². The van der Waals surface area contributed by atoms with E-state index in [2.05, 4.69) is 0 Å². The molecule has 1 saturated heterocycles. The summed E-state index contributed by atoms with van der Waals surface area (Å²) < 4.78 is 5.56. The standard InChI is InChI=1S/C22H22N2O4/c1-14-5-3-6-16(11-14)23(2)20(25)15-8-9-18-19(12-15)22(27)24(21(18)26)13-17-7-4-10-28-17/h3,5-6,8-9,11-12,17H,4,7,10,13H2,1-2H3. The van der Waals surface area contributed by atoms with E-state index in [0.29, 0.717) is 17.7 Å². The maximum atomic E-state index is 12.9. The molecule has 1 fully saturated rings. The summed E-state index contributed by atoms with van der Waals surface area (Å²) in [6, 6.07) is 12.3. The average Bonchev–Trinajstić information content (AvgIpc) is 3.30. The molecule has 2 heterocycles. The first-order valence-electron chi connectivity index (χ1n) is 9.42. The summed E-state index contributed by atoms with van der Waals surface area (Å²) in [5, 5.41) is 0. The second-order valence-corrected chi connectivity index (χ2v) is 7.32. The zero-order chi connectivity index (χ0) is 19.8. The van der Waals surface area contributed by atoms with Crippen molar-refractivity contribution < 1.29 is 19.1 Å². The zero-order valence-corrected chi connectivity index (χ0v) is 16.0. The van der Waals surface area contributed by atoms with Crippen molar-refractivity contribution >= 4 is 23.4 Å². The molecule has 28 heavy (non-hydrogen) atoms. The van der Waals surface area contributed by atoms with Crippen LogP contribution in [0.4, 0.5) is 5.69 Å². The summed E-state index contributed by atoms with van der Waals surface area (Å²) in [4.78, 5) is 41.1. The van der Waals surface area contributed by atoms with Gasteiger partial charge in [0, 0.05) is 24.9 Å². The van der Waals surface area contributed by atoms with E-state index >= 15 is 0 Å². The average molecular weight is 378 g/mol. The number of rotatable bonds is 4. The molecule has 0 aromatic heterocycles. The molecule has 2 aromatic rings. The molecule has 0 bridgehead atoms. The number of hydrogen-bond donors (Lipinski definition) is 0. The topological polar surface area (TPSA) is 66.9 Å². The van der Waals surface area contributed by atoms with E-state index in [-0.39, 0.29) is 35.9 Å². The van der Waals surface area contributed by atoms with Crippen LogP contribution in [-0.4, -0.2) is 48.9 Å². The summed E-state index contributed by atoms with van der Waals surface area (Å²) in [5.74, 6) is -0.906. The lowest BCUT2D eigenvalue weighted by molar-refractivity contribution is 0.0475. The summed E-state index contributed by atoms with van der Waals surface area (Å²) in [6.45, 7) is 2.89. The Labute approximate surface area is 163 Å². The molecular formula is C22H22N2O4. The first-order valence-corrected chi connectivity index (χ1v) is 9.42. The second-order valence-electron chi connectivity index (χ2n) is 7.32. The van der Waals surface area contributed by atoms with Crippen LogP contribution < -0.4 is 4.90 Å². The summed E-state index contributed by atoms with van der Waals surface area (Å²) in [7, 11) is 1.70. The molecule has 4 rings (SSSR count). The van der Waals surface area contributed by atoms with Crippen molar-refractivity contribution in [3.8, 4) is 0 Å². The van der Waals surface area contributed by atoms with E-state index in [1.807, 2.05) is 31.2 Å². The molecule has 6 heteroatoms. The minimum Gasteiger partial charge on any atom is -0.376 e. The van der Waals surface area contributed by atoms with Crippen molar-refractivity contribution in [2.45, 2.75) is 25.9 Å². The van der Waals surface area contributed by atoms with Gasteiger partial charge in [0.25, 0.3) is 17.7 Å². The van der Waals surface area contributed by atoms with Gasteiger partial charge < -0.3 is 9.64 Å². The molecule has 3 amide bonds. The zero-order valence-electron chi connectivity index (χ0n) is 16.0. The fourth-order valence-corrected chi connectivity index (χ4v) is 3.73. The Morgan fingerprint density at radius 1 is 1.14 bits per heavy atom. The number of aryl methyl sites for hydroxylation is 1. The largest absolute Gasteiger partial charge is 0.376 e. The lowest BCUT2D eigenvalue weighted by Gasteiger charge is -2.18. The van der Waals surface area contributed by atoms with Crippen molar-refractivity contribution in [2.24, 2.45) is 0 Å². The molecule has 2 aliphatic heterocycles. The van der Waals surface area contributed by atoms with Crippen LogP contribution in [0.15, 0.2) is 42.5 Å². The Morgan fingerprint density at radius 3 is 2.64 bits per heavy atom. The van der Waals surface area contributed by atoms with E-state index in [9.17, 15) is 14.4 Å².